The Hall–Kier alpha value is -0.620. The van der Waals surface area contributed by atoms with Gasteiger partial charge in [-0.05, 0) is 26.2 Å². The van der Waals surface area contributed by atoms with Crippen molar-refractivity contribution < 1.29 is 13.2 Å². The Morgan fingerprint density at radius 1 is 1.35 bits per heavy atom. The molecule has 2 heterocycles. The molecule has 1 N–H and O–H groups in total. The second kappa shape index (κ2) is 4.57. The van der Waals surface area contributed by atoms with Crippen molar-refractivity contribution in [2.75, 3.05) is 11.5 Å². The summed E-state index contributed by atoms with van der Waals surface area (Å²) < 4.78 is 22.8. The number of hydrogen-bond acceptors (Lipinski definition) is 4. The summed E-state index contributed by atoms with van der Waals surface area (Å²) in [5.41, 5.74) is 0. The molecule has 0 aliphatic carbocycles. The molecule has 2 atom stereocenters. The summed E-state index contributed by atoms with van der Waals surface area (Å²) in [4.78, 5) is 13.9. The molecule has 2 rings (SSSR count). The van der Waals surface area contributed by atoms with Crippen molar-refractivity contribution in [3.8, 4) is 0 Å². The first kappa shape index (κ1) is 12.8. The van der Waals surface area contributed by atoms with Crippen LogP contribution in [0.3, 0.4) is 0 Å². The quantitative estimate of drug-likeness (QED) is 0.766. The SMILES string of the molecule is CCC1NC(C)C(=O)N1C1CCS(=O)(=O)CC1. The lowest BCUT2D eigenvalue weighted by Gasteiger charge is -2.34. The molecular weight excluding hydrogens is 240 g/mol. The first-order valence-corrected chi connectivity index (χ1v) is 8.05. The number of nitrogens with zero attached hydrogens (tertiary/aromatic N) is 1. The van der Waals surface area contributed by atoms with Crippen LogP contribution in [0.25, 0.3) is 0 Å². The number of hydrogen-bond donors (Lipinski definition) is 1. The number of carbonyl (C=O) groups excluding carboxylic acids is 1. The van der Waals surface area contributed by atoms with Crippen LogP contribution in [0.15, 0.2) is 0 Å². The predicted molar refractivity (Wildman–Crippen MR) is 65.2 cm³/mol. The standard InChI is InChI=1S/C11H20N2O3S/c1-3-10-12-8(2)11(14)13(10)9-4-6-17(15,16)7-5-9/h8-10,12H,3-7H2,1-2H3. The van der Waals surface area contributed by atoms with E-state index in [0.29, 0.717) is 12.8 Å². The molecule has 0 saturated carbocycles. The third kappa shape index (κ3) is 2.47. The Morgan fingerprint density at radius 3 is 2.47 bits per heavy atom. The summed E-state index contributed by atoms with van der Waals surface area (Å²) in [6.07, 6.45) is 2.10. The molecule has 98 valence electrons. The van der Waals surface area contributed by atoms with Crippen molar-refractivity contribution in [3.05, 3.63) is 0 Å². The summed E-state index contributed by atoms with van der Waals surface area (Å²) >= 11 is 0. The van der Waals surface area contributed by atoms with Gasteiger partial charge in [0.15, 0.2) is 0 Å². The van der Waals surface area contributed by atoms with Gasteiger partial charge in [0.25, 0.3) is 0 Å². The molecule has 2 aliphatic heterocycles. The van der Waals surface area contributed by atoms with Gasteiger partial charge in [0.1, 0.15) is 9.84 Å². The minimum Gasteiger partial charge on any atom is -0.323 e. The molecule has 1 amide bonds. The summed E-state index contributed by atoms with van der Waals surface area (Å²) in [6.45, 7) is 3.90. The highest BCUT2D eigenvalue weighted by molar-refractivity contribution is 7.91. The normalized spacial score (nSPS) is 34.2. The number of amides is 1. The minimum absolute atomic E-state index is 0.0725. The van der Waals surface area contributed by atoms with Crippen LogP contribution in [0.1, 0.15) is 33.1 Å². The highest BCUT2D eigenvalue weighted by Gasteiger charge is 2.41. The fourth-order valence-corrected chi connectivity index (χ4v) is 4.19. The van der Waals surface area contributed by atoms with Gasteiger partial charge in [0.2, 0.25) is 5.91 Å². The van der Waals surface area contributed by atoms with Crippen molar-refractivity contribution in [1.82, 2.24) is 10.2 Å². The van der Waals surface area contributed by atoms with E-state index in [-0.39, 0.29) is 35.7 Å². The molecule has 17 heavy (non-hydrogen) atoms. The van der Waals surface area contributed by atoms with Gasteiger partial charge in [-0.1, -0.05) is 6.92 Å². The monoisotopic (exact) mass is 260 g/mol. The Morgan fingerprint density at radius 2 is 1.94 bits per heavy atom. The number of sulfone groups is 1. The third-order valence-corrected chi connectivity index (χ3v) is 5.42. The maximum absolute atomic E-state index is 12.0. The van der Waals surface area contributed by atoms with Crippen molar-refractivity contribution >= 4 is 15.7 Å². The van der Waals surface area contributed by atoms with Crippen LogP contribution in [0.2, 0.25) is 0 Å². The zero-order chi connectivity index (χ0) is 12.6. The molecule has 2 fully saturated rings. The van der Waals surface area contributed by atoms with E-state index >= 15 is 0 Å². The second-order valence-corrected chi connectivity index (χ2v) is 7.24. The molecule has 2 unspecified atom stereocenters. The van der Waals surface area contributed by atoms with Crippen LogP contribution in [-0.2, 0) is 14.6 Å². The molecular formula is C11H20N2O3S. The predicted octanol–water partition coefficient (Wildman–Crippen LogP) is 0.120. The fraction of sp³-hybridized carbons (Fsp3) is 0.909. The Bertz CT molecular complexity index is 393. The first-order valence-electron chi connectivity index (χ1n) is 6.23. The number of rotatable bonds is 2. The zero-order valence-electron chi connectivity index (χ0n) is 10.3. The van der Waals surface area contributed by atoms with Gasteiger partial charge in [-0.2, -0.15) is 0 Å². The van der Waals surface area contributed by atoms with Gasteiger partial charge in [-0.15, -0.1) is 0 Å². The Labute approximate surface area is 102 Å². The van der Waals surface area contributed by atoms with E-state index in [1.807, 2.05) is 18.7 Å². The van der Waals surface area contributed by atoms with Gasteiger partial charge in [0.05, 0.1) is 23.7 Å². The molecule has 6 heteroatoms. The highest BCUT2D eigenvalue weighted by Crippen LogP contribution is 2.24. The molecule has 2 aliphatic rings. The van der Waals surface area contributed by atoms with Crippen molar-refractivity contribution in [2.45, 2.75) is 51.4 Å². The van der Waals surface area contributed by atoms with Gasteiger partial charge in [-0.25, -0.2) is 8.42 Å². The average Bonchev–Trinajstić information content (AvgIpc) is 2.56. The van der Waals surface area contributed by atoms with Crippen LogP contribution in [0.4, 0.5) is 0 Å². The topological polar surface area (TPSA) is 66.5 Å². The second-order valence-electron chi connectivity index (χ2n) is 4.94. The van der Waals surface area contributed by atoms with Gasteiger partial charge < -0.3 is 4.90 Å². The van der Waals surface area contributed by atoms with E-state index in [4.69, 9.17) is 0 Å². The van der Waals surface area contributed by atoms with E-state index < -0.39 is 9.84 Å². The summed E-state index contributed by atoms with van der Waals surface area (Å²) in [6, 6.07) is -0.0492. The summed E-state index contributed by atoms with van der Waals surface area (Å²) in [5.74, 6) is 0.541. The van der Waals surface area contributed by atoms with E-state index in [1.165, 1.54) is 0 Å². The molecule has 0 spiro atoms. The highest BCUT2D eigenvalue weighted by atomic mass is 32.2. The molecule has 0 bridgehead atoms. The summed E-state index contributed by atoms with van der Waals surface area (Å²) in [7, 11) is -2.86. The van der Waals surface area contributed by atoms with Gasteiger partial charge in [0, 0.05) is 6.04 Å². The molecule has 0 aromatic heterocycles. The van der Waals surface area contributed by atoms with Crippen molar-refractivity contribution in [1.29, 1.82) is 0 Å². The molecule has 0 aromatic rings. The van der Waals surface area contributed by atoms with Crippen LogP contribution in [0, 0.1) is 0 Å². The molecule has 5 nitrogen and oxygen atoms in total. The summed E-state index contributed by atoms with van der Waals surface area (Å²) in [5, 5.41) is 3.25. The maximum Gasteiger partial charge on any atom is 0.240 e. The maximum atomic E-state index is 12.0. The number of carbonyl (C=O) groups is 1. The molecule has 0 aromatic carbocycles. The Kier molecular flexibility index (Phi) is 3.45. The third-order valence-electron chi connectivity index (χ3n) is 3.71. The van der Waals surface area contributed by atoms with Crippen LogP contribution >= 0.6 is 0 Å². The lowest BCUT2D eigenvalue weighted by molar-refractivity contribution is -0.132. The fourth-order valence-electron chi connectivity index (χ4n) is 2.72. The lowest BCUT2D eigenvalue weighted by atomic mass is 10.1. The van der Waals surface area contributed by atoms with Gasteiger partial charge >= 0.3 is 0 Å². The smallest absolute Gasteiger partial charge is 0.240 e. The van der Waals surface area contributed by atoms with Crippen LogP contribution in [-0.4, -0.2) is 49.0 Å². The first-order chi connectivity index (χ1) is 7.94. The van der Waals surface area contributed by atoms with E-state index in [9.17, 15) is 13.2 Å². The van der Waals surface area contributed by atoms with E-state index in [0.717, 1.165) is 6.42 Å². The van der Waals surface area contributed by atoms with E-state index in [2.05, 4.69) is 5.32 Å². The molecule has 2 saturated heterocycles. The van der Waals surface area contributed by atoms with Gasteiger partial charge in [-0.3, -0.25) is 10.1 Å². The Balaban J connectivity index is 2.09. The average molecular weight is 260 g/mol. The van der Waals surface area contributed by atoms with Crippen molar-refractivity contribution in [3.63, 3.8) is 0 Å². The zero-order valence-corrected chi connectivity index (χ0v) is 11.2. The van der Waals surface area contributed by atoms with Crippen molar-refractivity contribution in [2.24, 2.45) is 0 Å². The van der Waals surface area contributed by atoms with Crippen LogP contribution in [0.5, 0.6) is 0 Å². The van der Waals surface area contributed by atoms with E-state index in [1.54, 1.807) is 0 Å². The molecule has 0 radical (unpaired) electrons. The lowest BCUT2D eigenvalue weighted by Crippen LogP contribution is -2.47. The number of nitrogens with one attached hydrogen (secondary N) is 1. The largest absolute Gasteiger partial charge is 0.323 e. The minimum atomic E-state index is -2.86. The van der Waals surface area contributed by atoms with Crippen LogP contribution < -0.4 is 5.32 Å².